The van der Waals surface area contributed by atoms with E-state index in [0.29, 0.717) is 6.04 Å². The monoisotopic (exact) mass is 189 g/mol. The van der Waals surface area contributed by atoms with Crippen LogP contribution in [0.5, 0.6) is 0 Å². The molecule has 1 rings (SSSR count). The molecule has 0 aliphatic carbocycles. The summed E-state index contributed by atoms with van der Waals surface area (Å²) in [5.41, 5.74) is 0. The highest BCUT2D eigenvalue weighted by Gasteiger charge is 2.13. The molecule has 0 amide bonds. The summed E-state index contributed by atoms with van der Waals surface area (Å²) >= 11 is 5.84. The second-order valence-electron chi connectivity index (χ2n) is 3.81. The molecule has 1 saturated heterocycles. The first kappa shape index (κ1) is 10.3. The minimum Gasteiger partial charge on any atom is -0.299 e. The Morgan fingerprint density at radius 1 is 1.08 bits per heavy atom. The topological polar surface area (TPSA) is 3.24 Å². The highest BCUT2D eigenvalue weighted by molar-refractivity contribution is 6.18. The Labute approximate surface area is 81.1 Å². The van der Waals surface area contributed by atoms with Crippen LogP contribution in [-0.2, 0) is 0 Å². The summed E-state index contributed by atoms with van der Waals surface area (Å²) in [5, 5.41) is 0. The van der Waals surface area contributed by atoms with Gasteiger partial charge in [-0.3, -0.25) is 4.90 Å². The van der Waals surface area contributed by atoms with Crippen LogP contribution in [0.1, 0.15) is 39.0 Å². The lowest BCUT2D eigenvalue weighted by Gasteiger charge is -2.29. The lowest BCUT2D eigenvalue weighted by molar-refractivity contribution is 0.204. The zero-order valence-corrected chi connectivity index (χ0v) is 8.82. The fourth-order valence-electron chi connectivity index (χ4n) is 1.81. The molecule has 0 spiro atoms. The fraction of sp³-hybridized carbons (Fsp3) is 1.00. The molecule has 0 saturated carbocycles. The van der Waals surface area contributed by atoms with Crippen molar-refractivity contribution in [3.8, 4) is 0 Å². The zero-order chi connectivity index (χ0) is 8.81. The van der Waals surface area contributed by atoms with Crippen LogP contribution in [0.3, 0.4) is 0 Å². The molecule has 1 heterocycles. The number of alkyl halides is 1. The number of rotatable bonds is 2. The third kappa shape index (κ3) is 3.32. The molecule has 1 aliphatic rings. The molecule has 0 aromatic carbocycles. The Hall–Kier alpha value is 0.250. The zero-order valence-electron chi connectivity index (χ0n) is 8.06. The minimum atomic E-state index is 0.574. The van der Waals surface area contributed by atoms with Crippen molar-refractivity contribution in [2.75, 3.05) is 19.0 Å². The molecule has 0 aromatic heterocycles. The summed E-state index contributed by atoms with van der Waals surface area (Å²) in [6.07, 6.45) is 6.97. The van der Waals surface area contributed by atoms with Gasteiger partial charge in [0, 0.05) is 11.9 Å². The van der Waals surface area contributed by atoms with Crippen LogP contribution in [0.25, 0.3) is 0 Å². The Morgan fingerprint density at radius 2 is 1.58 bits per heavy atom. The van der Waals surface area contributed by atoms with Gasteiger partial charge in [0.1, 0.15) is 0 Å². The fourth-order valence-corrected chi connectivity index (χ4v) is 2.01. The lowest BCUT2D eigenvalue weighted by atomic mass is 10.1. The second-order valence-corrected chi connectivity index (χ2v) is 4.12. The van der Waals surface area contributed by atoms with E-state index in [1.54, 1.807) is 0 Å². The van der Waals surface area contributed by atoms with Crippen molar-refractivity contribution in [2.24, 2.45) is 0 Å². The van der Waals surface area contributed by atoms with Crippen LogP contribution in [0.4, 0.5) is 0 Å². The second kappa shape index (κ2) is 5.82. The maximum absolute atomic E-state index is 5.84. The van der Waals surface area contributed by atoms with Gasteiger partial charge in [-0.25, -0.2) is 0 Å². The molecule has 0 aromatic rings. The molecule has 1 fully saturated rings. The molecule has 72 valence electrons. The molecule has 0 N–H and O–H groups in total. The van der Waals surface area contributed by atoms with Gasteiger partial charge in [-0.15, -0.1) is 11.6 Å². The Kier molecular flexibility index (Phi) is 5.01. The van der Waals surface area contributed by atoms with E-state index in [-0.39, 0.29) is 0 Å². The van der Waals surface area contributed by atoms with E-state index >= 15 is 0 Å². The van der Waals surface area contributed by atoms with Gasteiger partial charge in [0.25, 0.3) is 0 Å². The number of hydrogen-bond donors (Lipinski definition) is 0. The van der Waals surface area contributed by atoms with Gasteiger partial charge in [-0.1, -0.05) is 19.3 Å². The predicted molar refractivity (Wildman–Crippen MR) is 54.8 cm³/mol. The quantitative estimate of drug-likeness (QED) is 0.604. The summed E-state index contributed by atoms with van der Waals surface area (Å²) < 4.78 is 0. The molecular weight excluding hydrogens is 170 g/mol. The van der Waals surface area contributed by atoms with Crippen molar-refractivity contribution in [1.82, 2.24) is 4.90 Å². The molecule has 1 unspecified atom stereocenters. The number of hydrogen-bond acceptors (Lipinski definition) is 1. The Balaban J connectivity index is 2.29. The van der Waals surface area contributed by atoms with E-state index in [4.69, 9.17) is 11.6 Å². The third-order valence-corrected chi connectivity index (χ3v) is 3.18. The Morgan fingerprint density at radius 3 is 2.08 bits per heavy atom. The van der Waals surface area contributed by atoms with Crippen molar-refractivity contribution >= 4 is 11.6 Å². The standard InChI is InChI=1S/C10H20ClN/c1-10(9-11)12-7-5-3-2-4-6-8-12/h10H,2-9H2,1H3. The van der Waals surface area contributed by atoms with Gasteiger partial charge < -0.3 is 0 Å². The van der Waals surface area contributed by atoms with E-state index in [9.17, 15) is 0 Å². The van der Waals surface area contributed by atoms with E-state index in [0.717, 1.165) is 5.88 Å². The highest BCUT2D eigenvalue weighted by Crippen LogP contribution is 2.13. The average molecular weight is 190 g/mol. The molecule has 0 radical (unpaired) electrons. The summed E-state index contributed by atoms with van der Waals surface area (Å²) in [6.45, 7) is 4.75. The number of likely N-dealkylation sites (tertiary alicyclic amines) is 1. The third-order valence-electron chi connectivity index (χ3n) is 2.74. The van der Waals surface area contributed by atoms with Gasteiger partial charge in [0.2, 0.25) is 0 Å². The van der Waals surface area contributed by atoms with E-state index < -0.39 is 0 Å². The largest absolute Gasteiger partial charge is 0.299 e. The molecule has 1 nitrogen and oxygen atoms in total. The molecule has 1 atom stereocenters. The first-order valence-corrected chi connectivity index (χ1v) is 5.68. The lowest BCUT2D eigenvalue weighted by Crippen LogP contribution is -2.36. The molecule has 12 heavy (non-hydrogen) atoms. The van der Waals surface area contributed by atoms with Crippen molar-refractivity contribution < 1.29 is 0 Å². The van der Waals surface area contributed by atoms with Gasteiger partial charge in [-0.2, -0.15) is 0 Å². The van der Waals surface area contributed by atoms with Crippen molar-refractivity contribution in [3.05, 3.63) is 0 Å². The maximum Gasteiger partial charge on any atom is 0.0376 e. The summed E-state index contributed by atoms with van der Waals surface area (Å²) in [7, 11) is 0. The van der Waals surface area contributed by atoms with Crippen LogP contribution in [0.2, 0.25) is 0 Å². The predicted octanol–water partition coefficient (Wildman–Crippen LogP) is 2.88. The van der Waals surface area contributed by atoms with Crippen LogP contribution < -0.4 is 0 Å². The van der Waals surface area contributed by atoms with Crippen molar-refractivity contribution in [3.63, 3.8) is 0 Å². The van der Waals surface area contributed by atoms with E-state index in [1.165, 1.54) is 45.2 Å². The van der Waals surface area contributed by atoms with Crippen LogP contribution >= 0.6 is 11.6 Å². The SMILES string of the molecule is CC(CCl)N1CCCCCCC1. The summed E-state index contributed by atoms with van der Waals surface area (Å²) in [5.74, 6) is 0.778. The van der Waals surface area contributed by atoms with E-state index in [2.05, 4.69) is 11.8 Å². The smallest absolute Gasteiger partial charge is 0.0376 e. The first-order valence-electron chi connectivity index (χ1n) is 5.14. The molecule has 2 heteroatoms. The van der Waals surface area contributed by atoms with Gasteiger partial charge >= 0.3 is 0 Å². The highest BCUT2D eigenvalue weighted by atomic mass is 35.5. The molecule has 0 bridgehead atoms. The van der Waals surface area contributed by atoms with Crippen LogP contribution in [0, 0.1) is 0 Å². The normalized spacial score (nSPS) is 24.5. The van der Waals surface area contributed by atoms with Gasteiger partial charge in [0.15, 0.2) is 0 Å². The number of nitrogens with zero attached hydrogens (tertiary/aromatic N) is 1. The Bertz CT molecular complexity index is 108. The van der Waals surface area contributed by atoms with Crippen molar-refractivity contribution in [2.45, 2.75) is 45.1 Å². The molecular formula is C10H20ClN. The minimum absolute atomic E-state index is 0.574. The molecule has 1 aliphatic heterocycles. The van der Waals surface area contributed by atoms with Crippen molar-refractivity contribution in [1.29, 1.82) is 0 Å². The van der Waals surface area contributed by atoms with E-state index in [1.807, 2.05) is 0 Å². The average Bonchev–Trinajstić information content (AvgIpc) is 2.02. The van der Waals surface area contributed by atoms with Crippen LogP contribution in [-0.4, -0.2) is 29.9 Å². The number of halogens is 1. The first-order chi connectivity index (χ1) is 5.84. The van der Waals surface area contributed by atoms with Crippen LogP contribution in [0.15, 0.2) is 0 Å². The maximum atomic E-state index is 5.84. The summed E-state index contributed by atoms with van der Waals surface area (Å²) in [4.78, 5) is 2.53. The summed E-state index contributed by atoms with van der Waals surface area (Å²) in [6, 6.07) is 0.574. The van der Waals surface area contributed by atoms with Gasteiger partial charge in [-0.05, 0) is 32.9 Å². The van der Waals surface area contributed by atoms with Gasteiger partial charge in [0.05, 0.1) is 0 Å².